The molecule has 5 heteroatoms. The third-order valence-electron chi connectivity index (χ3n) is 5.33. The Morgan fingerprint density at radius 3 is 2.12 bits per heavy atom. The maximum absolute atomic E-state index is 12.7. The Morgan fingerprint density at radius 2 is 1.65 bits per heavy atom. The number of carbonyl (C=O) groups is 2. The van der Waals surface area contributed by atoms with Gasteiger partial charge in [-0.05, 0) is 38.4 Å². The molecule has 1 atom stereocenters. The lowest BCUT2D eigenvalue weighted by atomic mass is 9.91. The van der Waals surface area contributed by atoms with Crippen LogP contribution >= 0.6 is 0 Å². The molecule has 146 valence electrons. The van der Waals surface area contributed by atoms with Gasteiger partial charge in [-0.15, -0.1) is 0 Å². The van der Waals surface area contributed by atoms with Crippen LogP contribution in [-0.4, -0.2) is 48.9 Å². The smallest absolute Gasteiger partial charge is 0.242 e. The van der Waals surface area contributed by atoms with Gasteiger partial charge < -0.3 is 15.5 Å². The van der Waals surface area contributed by atoms with Crippen molar-refractivity contribution < 1.29 is 9.59 Å². The van der Waals surface area contributed by atoms with Crippen LogP contribution in [0.4, 0.5) is 0 Å². The van der Waals surface area contributed by atoms with Crippen LogP contribution in [0, 0.1) is 5.92 Å². The van der Waals surface area contributed by atoms with Gasteiger partial charge in [0.1, 0.15) is 6.04 Å². The topological polar surface area (TPSA) is 61.4 Å². The molecule has 1 unspecified atom stereocenters. The van der Waals surface area contributed by atoms with Crippen molar-refractivity contribution in [1.82, 2.24) is 15.5 Å². The maximum atomic E-state index is 12.7. The highest BCUT2D eigenvalue weighted by Gasteiger charge is 2.31. The largest absolute Gasteiger partial charge is 0.352 e. The maximum Gasteiger partial charge on any atom is 0.242 e. The summed E-state index contributed by atoms with van der Waals surface area (Å²) >= 11 is 0. The number of nitrogens with zero attached hydrogens (tertiary/aromatic N) is 1. The molecule has 0 aliphatic carbocycles. The molecule has 0 spiro atoms. The first-order valence-corrected chi connectivity index (χ1v) is 9.54. The Morgan fingerprint density at radius 1 is 1.08 bits per heavy atom. The van der Waals surface area contributed by atoms with Gasteiger partial charge in [-0.25, -0.2) is 0 Å². The van der Waals surface area contributed by atoms with E-state index >= 15 is 0 Å². The molecule has 1 aromatic carbocycles. The predicted molar refractivity (Wildman–Crippen MR) is 107 cm³/mol. The van der Waals surface area contributed by atoms with Crippen molar-refractivity contribution in [2.24, 2.45) is 5.92 Å². The molecule has 1 rings (SSSR count). The second-order valence-corrected chi connectivity index (χ2v) is 7.50. The lowest BCUT2D eigenvalue weighted by Crippen LogP contribution is -2.56. The summed E-state index contributed by atoms with van der Waals surface area (Å²) in [6.45, 7) is 8.75. The minimum Gasteiger partial charge on any atom is -0.352 e. The summed E-state index contributed by atoms with van der Waals surface area (Å²) in [5, 5.41) is 5.96. The molecule has 0 saturated carbocycles. The quantitative estimate of drug-likeness (QED) is 0.673. The summed E-state index contributed by atoms with van der Waals surface area (Å²) in [6, 6.07) is 9.04. The summed E-state index contributed by atoms with van der Waals surface area (Å²) in [4.78, 5) is 27.3. The van der Waals surface area contributed by atoms with E-state index in [9.17, 15) is 9.59 Å². The molecule has 0 aliphatic rings. The van der Waals surface area contributed by atoms with E-state index in [4.69, 9.17) is 0 Å². The van der Waals surface area contributed by atoms with Crippen molar-refractivity contribution in [1.29, 1.82) is 0 Å². The van der Waals surface area contributed by atoms with Crippen LogP contribution in [0.5, 0.6) is 0 Å². The van der Waals surface area contributed by atoms with Gasteiger partial charge in [0.25, 0.3) is 0 Å². The van der Waals surface area contributed by atoms with E-state index < -0.39 is 6.04 Å². The summed E-state index contributed by atoms with van der Waals surface area (Å²) in [7, 11) is 4.08. The predicted octanol–water partition coefficient (Wildman–Crippen LogP) is 2.61. The fraction of sp³-hybridized carbons (Fsp3) is 0.619. The van der Waals surface area contributed by atoms with Crippen LogP contribution in [-0.2, 0) is 16.0 Å². The molecule has 0 heterocycles. The van der Waals surface area contributed by atoms with Crippen molar-refractivity contribution in [2.45, 2.75) is 58.5 Å². The van der Waals surface area contributed by atoms with Crippen LogP contribution < -0.4 is 10.6 Å². The first-order chi connectivity index (χ1) is 12.3. The van der Waals surface area contributed by atoms with E-state index in [2.05, 4.69) is 29.4 Å². The Balaban J connectivity index is 2.70. The highest BCUT2D eigenvalue weighted by molar-refractivity contribution is 5.88. The number of hydrogen-bond acceptors (Lipinski definition) is 3. The Bertz CT molecular complexity index is 566. The number of nitrogens with one attached hydrogen (secondary N) is 2. The lowest BCUT2D eigenvalue weighted by molar-refractivity contribution is -0.130. The van der Waals surface area contributed by atoms with Gasteiger partial charge in [-0.3, -0.25) is 9.59 Å². The van der Waals surface area contributed by atoms with Gasteiger partial charge in [0.2, 0.25) is 11.8 Å². The van der Waals surface area contributed by atoms with Gasteiger partial charge in [0.15, 0.2) is 0 Å². The molecule has 0 aliphatic heterocycles. The van der Waals surface area contributed by atoms with Crippen LogP contribution in [0.15, 0.2) is 30.3 Å². The number of amides is 2. The second-order valence-electron chi connectivity index (χ2n) is 7.50. The zero-order valence-corrected chi connectivity index (χ0v) is 17.1. The zero-order valence-electron chi connectivity index (χ0n) is 17.1. The monoisotopic (exact) mass is 361 g/mol. The molecule has 5 nitrogen and oxygen atoms in total. The molecule has 0 bridgehead atoms. The van der Waals surface area contributed by atoms with Crippen molar-refractivity contribution in [2.75, 3.05) is 20.6 Å². The number of likely N-dealkylation sites (N-methyl/N-ethyl adjacent to an activating group) is 1. The molecular weight excluding hydrogens is 326 g/mol. The number of hydrogen-bond donors (Lipinski definition) is 2. The summed E-state index contributed by atoms with van der Waals surface area (Å²) in [5.74, 6) is -0.226. The molecule has 1 aromatic rings. The molecular formula is C21H35N3O2. The molecule has 0 radical (unpaired) electrons. The van der Waals surface area contributed by atoms with Crippen molar-refractivity contribution >= 4 is 11.8 Å². The van der Waals surface area contributed by atoms with Crippen LogP contribution in [0.3, 0.4) is 0 Å². The molecule has 26 heavy (non-hydrogen) atoms. The molecule has 0 fully saturated rings. The zero-order chi connectivity index (χ0) is 19.7. The van der Waals surface area contributed by atoms with Crippen LogP contribution in [0.1, 0.15) is 46.1 Å². The third kappa shape index (κ3) is 6.13. The average molecular weight is 362 g/mol. The second kappa shape index (κ2) is 10.3. The van der Waals surface area contributed by atoms with Gasteiger partial charge >= 0.3 is 0 Å². The van der Waals surface area contributed by atoms with Crippen molar-refractivity contribution in [3.63, 3.8) is 0 Å². The van der Waals surface area contributed by atoms with E-state index in [0.717, 1.165) is 18.4 Å². The highest BCUT2D eigenvalue weighted by Crippen LogP contribution is 2.20. The van der Waals surface area contributed by atoms with Crippen molar-refractivity contribution in [3.05, 3.63) is 35.9 Å². The van der Waals surface area contributed by atoms with E-state index in [1.54, 1.807) is 0 Å². The number of rotatable bonds is 10. The first-order valence-electron chi connectivity index (χ1n) is 9.54. The third-order valence-corrected chi connectivity index (χ3v) is 5.33. The summed E-state index contributed by atoms with van der Waals surface area (Å²) in [5.41, 5.74) is 0.877. The van der Waals surface area contributed by atoms with Gasteiger partial charge in [0, 0.05) is 12.1 Å². The van der Waals surface area contributed by atoms with Gasteiger partial charge in [-0.1, -0.05) is 58.0 Å². The molecule has 2 N–H and O–H groups in total. The molecule has 0 aromatic heterocycles. The van der Waals surface area contributed by atoms with Gasteiger partial charge in [-0.2, -0.15) is 0 Å². The number of benzene rings is 1. The highest BCUT2D eigenvalue weighted by atomic mass is 16.2. The molecule has 2 amide bonds. The average Bonchev–Trinajstić information content (AvgIpc) is 2.61. The minimum absolute atomic E-state index is 0.0201. The fourth-order valence-electron chi connectivity index (χ4n) is 3.19. The van der Waals surface area contributed by atoms with E-state index in [1.165, 1.54) is 0 Å². The standard InChI is InChI=1S/C21H35N3O2/c1-7-21(8-2,24(5)6)15-22-20(26)19(16(3)4)23-18(25)14-17-12-10-9-11-13-17/h9-13,16,19H,7-8,14-15H2,1-6H3,(H,22,26)(H,23,25). The summed E-state index contributed by atoms with van der Waals surface area (Å²) in [6.07, 6.45) is 2.18. The van der Waals surface area contributed by atoms with Crippen molar-refractivity contribution in [3.8, 4) is 0 Å². The normalized spacial score (nSPS) is 12.9. The van der Waals surface area contributed by atoms with E-state index in [0.29, 0.717) is 6.54 Å². The van der Waals surface area contributed by atoms with Gasteiger partial charge in [0.05, 0.1) is 6.42 Å². The fourth-order valence-corrected chi connectivity index (χ4v) is 3.19. The SMILES string of the molecule is CCC(CC)(CNC(=O)C(NC(=O)Cc1ccccc1)C(C)C)N(C)C. The number of carbonyl (C=O) groups excluding carboxylic acids is 2. The van der Waals surface area contributed by atoms with Crippen LogP contribution in [0.25, 0.3) is 0 Å². The van der Waals surface area contributed by atoms with E-state index in [-0.39, 0.29) is 29.7 Å². The first kappa shape index (κ1) is 22.2. The summed E-state index contributed by atoms with van der Waals surface area (Å²) < 4.78 is 0. The Hall–Kier alpha value is -1.88. The lowest BCUT2D eigenvalue weighted by Gasteiger charge is -2.39. The Labute approximate surface area is 158 Å². The van der Waals surface area contributed by atoms with E-state index in [1.807, 2.05) is 58.3 Å². The minimum atomic E-state index is -0.528. The van der Waals surface area contributed by atoms with Crippen LogP contribution in [0.2, 0.25) is 0 Å². The molecule has 0 saturated heterocycles. The Kier molecular flexibility index (Phi) is 8.79.